The van der Waals surface area contributed by atoms with Crippen LogP contribution in [0.25, 0.3) is 0 Å². The molecule has 1 aliphatic rings. The first-order chi connectivity index (χ1) is 15.2. The zero-order valence-electron chi connectivity index (χ0n) is 18.9. The zero-order chi connectivity index (χ0) is 21.9. The van der Waals surface area contributed by atoms with Gasteiger partial charge in [0, 0.05) is 44.3 Å². The SMILES string of the molecule is CCOc1ccc(C2(CNC(=NC)NCc3ccccc3OCC)CCOCC2)cc1. The third-order valence-electron chi connectivity index (χ3n) is 5.76. The highest BCUT2D eigenvalue weighted by molar-refractivity contribution is 5.79. The van der Waals surface area contributed by atoms with Gasteiger partial charge in [-0.15, -0.1) is 0 Å². The average Bonchev–Trinajstić information content (AvgIpc) is 2.81. The molecule has 0 aliphatic carbocycles. The highest BCUT2D eigenvalue weighted by atomic mass is 16.5. The molecule has 168 valence electrons. The van der Waals surface area contributed by atoms with E-state index in [2.05, 4.69) is 46.0 Å². The summed E-state index contributed by atoms with van der Waals surface area (Å²) in [5, 5.41) is 6.98. The summed E-state index contributed by atoms with van der Waals surface area (Å²) in [6.45, 7) is 8.30. The number of hydrogen-bond donors (Lipinski definition) is 2. The monoisotopic (exact) mass is 425 g/mol. The van der Waals surface area contributed by atoms with Crippen LogP contribution in [0.2, 0.25) is 0 Å². The van der Waals surface area contributed by atoms with Crippen LogP contribution in [-0.2, 0) is 16.7 Å². The average molecular weight is 426 g/mol. The van der Waals surface area contributed by atoms with E-state index in [0.717, 1.165) is 55.6 Å². The van der Waals surface area contributed by atoms with Crippen LogP contribution in [0.1, 0.15) is 37.8 Å². The second kappa shape index (κ2) is 11.6. The molecular formula is C25H35N3O3. The maximum Gasteiger partial charge on any atom is 0.191 e. The van der Waals surface area contributed by atoms with Gasteiger partial charge in [0.1, 0.15) is 11.5 Å². The van der Waals surface area contributed by atoms with Gasteiger partial charge in [-0.05, 0) is 50.5 Å². The summed E-state index contributed by atoms with van der Waals surface area (Å²) in [5.41, 5.74) is 2.42. The van der Waals surface area contributed by atoms with E-state index in [1.54, 1.807) is 7.05 Å². The van der Waals surface area contributed by atoms with Crippen molar-refractivity contribution in [3.63, 3.8) is 0 Å². The molecule has 0 radical (unpaired) electrons. The lowest BCUT2D eigenvalue weighted by atomic mass is 9.74. The number of nitrogens with one attached hydrogen (secondary N) is 2. The molecule has 0 spiro atoms. The van der Waals surface area contributed by atoms with Crippen molar-refractivity contribution in [3.8, 4) is 11.5 Å². The molecule has 2 N–H and O–H groups in total. The fourth-order valence-corrected chi connectivity index (χ4v) is 4.00. The highest BCUT2D eigenvalue weighted by Gasteiger charge is 2.34. The molecular weight excluding hydrogens is 390 g/mol. The van der Waals surface area contributed by atoms with Crippen LogP contribution >= 0.6 is 0 Å². The van der Waals surface area contributed by atoms with Crippen LogP contribution in [0.4, 0.5) is 0 Å². The lowest BCUT2D eigenvalue weighted by molar-refractivity contribution is 0.0513. The fraction of sp³-hybridized carbons (Fsp3) is 0.480. The fourth-order valence-electron chi connectivity index (χ4n) is 4.00. The second-order valence-electron chi connectivity index (χ2n) is 7.67. The molecule has 0 bridgehead atoms. The van der Waals surface area contributed by atoms with Crippen molar-refractivity contribution in [2.24, 2.45) is 4.99 Å². The van der Waals surface area contributed by atoms with Crippen LogP contribution in [0.15, 0.2) is 53.5 Å². The predicted octanol–water partition coefficient (Wildman–Crippen LogP) is 3.90. The van der Waals surface area contributed by atoms with Gasteiger partial charge in [-0.3, -0.25) is 4.99 Å². The highest BCUT2D eigenvalue weighted by Crippen LogP contribution is 2.35. The Morgan fingerprint density at radius 3 is 2.35 bits per heavy atom. The number of rotatable bonds is 9. The van der Waals surface area contributed by atoms with Crippen molar-refractivity contribution in [1.29, 1.82) is 0 Å². The summed E-state index contributed by atoms with van der Waals surface area (Å²) in [6, 6.07) is 16.6. The quantitative estimate of drug-likeness (QED) is 0.471. The van der Waals surface area contributed by atoms with E-state index in [1.165, 1.54) is 5.56 Å². The molecule has 2 aromatic carbocycles. The topological polar surface area (TPSA) is 64.1 Å². The number of guanidine groups is 1. The molecule has 0 amide bonds. The molecule has 0 saturated carbocycles. The van der Waals surface area contributed by atoms with Gasteiger partial charge in [0.05, 0.1) is 13.2 Å². The smallest absolute Gasteiger partial charge is 0.191 e. The van der Waals surface area contributed by atoms with E-state index in [4.69, 9.17) is 14.2 Å². The summed E-state index contributed by atoms with van der Waals surface area (Å²) in [6.07, 6.45) is 1.94. The Labute approximate surface area is 186 Å². The van der Waals surface area contributed by atoms with Crippen LogP contribution in [0.3, 0.4) is 0 Å². The maximum absolute atomic E-state index is 5.73. The minimum atomic E-state index is 0.00381. The van der Waals surface area contributed by atoms with E-state index in [-0.39, 0.29) is 5.41 Å². The number of aliphatic imine (C=N–C) groups is 1. The van der Waals surface area contributed by atoms with E-state index < -0.39 is 0 Å². The van der Waals surface area contributed by atoms with Gasteiger partial charge in [-0.2, -0.15) is 0 Å². The molecule has 1 saturated heterocycles. The standard InChI is InChI=1S/C25H35N3O3/c1-4-30-22-12-10-21(11-13-22)25(14-16-29-17-15-25)19-28-24(26-3)27-18-20-8-6-7-9-23(20)31-5-2/h6-13H,4-5,14-19H2,1-3H3,(H2,26,27,28). The molecule has 1 fully saturated rings. The molecule has 1 aliphatic heterocycles. The molecule has 31 heavy (non-hydrogen) atoms. The van der Waals surface area contributed by atoms with E-state index in [9.17, 15) is 0 Å². The van der Waals surface area contributed by atoms with Crippen molar-refractivity contribution in [1.82, 2.24) is 10.6 Å². The predicted molar refractivity (Wildman–Crippen MR) is 125 cm³/mol. The molecule has 3 rings (SSSR count). The lowest BCUT2D eigenvalue weighted by Gasteiger charge is -2.38. The molecule has 6 nitrogen and oxygen atoms in total. The molecule has 1 heterocycles. The van der Waals surface area contributed by atoms with Gasteiger partial charge in [0.25, 0.3) is 0 Å². The van der Waals surface area contributed by atoms with Gasteiger partial charge < -0.3 is 24.8 Å². The van der Waals surface area contributed by atoms with Crippen LogP contribution in [-0.4, -0.2) is 46.0 Å². The van der Waals surface area contributed by atoms with Crippen molar-refractivity contribution >= 4 is 5.96 Å². The van der Waals surface area contributed by atoms with E-state index >= 15 is 0 Å². The maximum atomic E-state index is 5.73. The van der Waals surface area contributed by atoms with Gasteiger partial charge >= 0.3 is 0 Å². The van der Waals surface area contributed by atoms with E-state index in [0.29, 0.717) is 19.8 Å². The second-order valence-corrected chi connectivity index (χ2v) is 7.67. The lowest BCUT2D eigenvalue weighted by Crippen LogP contribution is -2.47. The Morgan fingerprint density at radius 2 is 1.68 bits per heavy atom. The third kappa shape index (κ3) is 6.14. The van der Waals surface area contributed by atoms with Crippen LogP contribution in [0.5, 0.6) is 11.5 Å². The number of benzene rings is 2. The molecule has 0 unspecified atom stereocenters. The van der Waals surface area contributed by atoms with Crippen molar-refractivity contribution in [2.75, 3.05) is 40.0 Å². The first kappa shape index (κ1) is 22.9. The number of ether oxygens (including phenoxy) is 3. The molecule has 2 aromatic rings. The normalized spacial score (nSPS) is 15.9. The van der Waals surface area contributed by atoms with Crippen LogP contribution < -0.4 is 20.1 Å². The summed E-state index contributed by atoms with van der Waals surface area (Å²) >= 11 is 0. The number of para-hydroxylation sites is 1. The Morgan fingerprint density at radius 1 is 0.968 bits per heavy atom. The summed E-state index contributed by atoms with van der Waals surface area (Å²) in [5.74, 6) is 2.60. The van der Waals surface area contributed by atoms with Gasteiger partial charge in [-0.25, -0.2) is 0 Å². The summed E-state index contributed by atoms with van der Waals surface area (Å²) < 4.78 is 17.0. The summed E-state index contributed by atoms with van der Waals surface area (Å²) in [4.78, 5) is 4.43. The zero-order valence-corrected chi connectivity index (χ0v) is 18.9. The Balaban J connectivity index is 1.66. The van der Waals surface area contributed by atoms with Gasteiger partial charge in [0.2, 0.25) is 0 Å². The van der Waals surface area contributed by atoms with Gasteiger partial charge in [0.15, 0.2) is 5.96 Å². The van der Waals surface area contributed by atoms with Gasteiger partial charge in [-0.1, -0.05) is 30.3 Å². The Bertz CT molecular complexity index is 830. The van der Waals surface area contributed by atoms with Crippen LogP contribution in [0, 0.1) is 0 Å². The molecule has 0 aromatic heterocycles. The molecule has 0 atom stereocenters. The first-order valence-corrected chi connectivity index (χ1v) is 11.2. The largest absolute Gasteiger partial charge is 0.494 e. The first-order valence-electron chi connectivity index (χ1n) is 11.2. The number of nitrogens with zero attached hydrogens (tertiary/aromatic N) is 1. The minimum absolute atomic E-state index is 0.00381. The molecule has 6 heteroatoms. The van der Waals surface area contributed by atoms with Crippen molar-refractivity contribution in [3.05, 3.63) is 59.7 Å². The Hall–Kier alpha value is -2.73. The third-order valence-corrected chi connectivity index (χ3v) is 5.76. The van der Waals surface area contributed by atoms with Crippen molar-refractivity contribution in [2.45, 2.75) is 38.6 Å². The summed E-state index contributed by atoms with van der Waals surface area (Å²) in [7, 11) is 1.80. The minimum Gasteiger partial charge on any atom is -0.494 e. The number of hydrogen-bond acceptors (Lipinski definition) is 4. The Kier molecular flexibility index (Phi) is 8.59. The van der Waals surface area contributed by atoms with E-state index in [1.807, 2.05) is 32.0 Å². The van der Waals surface area contributed by atoms with Crippen molar-refractivity contribution < 1.29 is 14.2 Å².